The average Bonchev–Trinajstić information content (AvgIpc) is 3.42. The molecular formula is C27H30FN5O. The number of anilines is 1. The van der Waals surface area contributed by atoms with E-state index in [-0.39, 0.29) is 0 Å². The van der Waals surface area contributed by atoms with Gasteiger partial charge >= 0.3 is 0 Å². The summed E-state index contributed by atoms with van der Waals surface area (Å²) in [4.78, 5) is 13.8. The lowest BCUT2D eigenvalue weighted by atomic mass is 9.99. The van der Waals surface area contributed by atoms with Crippen molar-refractivity contribution in [3.63, 3.8) is 0 Å². The molecule has 0 bridgehead atoms. The zero-order valence-corrected chi connectivity index (χ0v) is 19.5. The summed E-state index contributed by atoms with van der Waals surface area (Å²) in [6.07, 6.45) is 0.488. The molecule has 3 aliphatic heterocycles. The van der Waals surface area contributed by atoms with Crippen molar-refractivity contribution in [3.8, 4) is 5.75 Å². The largest absolute Gasteiger partial charge is 0.486 e. The predicted octanol–water partition coefficient (Wildman–Crippen LogP) is 3.89. The Morgan fingerprint density at radius 2 is 2.12 bits per heavy atom. The van der Waals surface area contributed by atoms with Crippen LogP contribution in [-0.2, 0) is 13.1 Å². The number of nitrogens with zero attached hydrogens (tertiary/aromatic N) is 4. The van der Waals surface area contributed by atoms with Crippen LogP contribution in [0.4, 0.5) is 10.1 Å². The van der Waals surface area contributed by atoms with Crippen molar-refractivity contribution < 1.29 is 9.13 Å². The number of hydrogen-bond donors (Lipinski definition) is 1. The van der Waals surface area contributed by atoms with Gasteiger partial charge in [-0.2, -0.15) is 0 Å². The highest BCUT2D eigenvalue weighted by Crippen LogP contribution is 2.42. The monoisotopic (exact) mass is 459 g/mol. The normalized spacial score (nSPS) is 26.5. The summed E-state index contributed by atoms with van der Waals surface area (Å²) in [6, 6.07) is 15.5. The number of aliphatic imine (C=N–C) groups is 1. The molecule has 0 unspecified atom stereocenters. The van der Waals surface area contributed by atoms with E-state index in [0.717, 1.165) is 41.9 Å². The van der Waals surface area contributed by atoms with Crippen LogP contribution in [0.5, 0.6) is 5.75 Å². The number of alkyl halides is 1. The smallest absolute Gasteiger partial charge is 0.150 e. The lowest BCUT2D eigenvalue weighted by Gasteiger charge is -2.44. The summed E-state index contributed by atoms with van der Waals surface area (Å²) in [6.45, 7) is 10.2. The highest BCUT2D eigenvalue weighted by molar-refractivity contribution is 5.94. The number of benzene rings is 2. The molecule has 1 N–H and O–H groups in total. The summed E-state index contributed by atoms with van der Waals surface area (Å²) in [5.41, 5.74) is 5.96. The molecule has 2 saturated heterocycles. The van der Waals surface area contributed by atoms with Crippen molar-refractivity contribution in [1.82, 2.24) is 15.2 Å². The van der Waals surface area contributed by atoms with Gasteiger partial charge in [0.1, 0.15) is 11.9 Å². The second kappa shape index (κ2) is 8.64. The Morgan fingerprint density at radius 1 is 1.21 bits per heavy atom. The van der Waals surface area contributed by atoms with E-state index in [0.29, 0.717) is 31.7 Å². The predicted molar refractivity (Wildman–Crippen MR) is 134 cm³/mol. The zero-order chi connectivity index (χ0) is 23.2. The van der Waals surface area contributed by atoms with Crippen LogP contribution in [0.25, 0.3) is 10.9 Å². The van der Waals surface area contributed by atoms with E-state index >= 15 is 0 Å². The van der Waals surface area contributed by atoms with E-state index < -0.39 is 12.3 Å². The highest BCUT2D eigenvalue weighted by Gasteiger charge is 2.39. The second-order valence-corrected chi connectivity index (χ2v) is 9.66. The number of pyridine rings is 1. The van der Waals surface area contributed by atoms with E-state index in [1.165, 1.54) is 16.8 Å². The van der Waals surface area contributed by atoms with Gasteiger partial charge in [0.15, 0.2) is 6.17 Å². The Kier molecular flexibility index (Phi) is 5.46. The van der Waals surface area contributed by atoms with Gasteiger partial charge in [-0.05, 0) is 60.7 Å². The van der Waals surface area contributed by atoms with E-state index in [1.54, 1.807) is 0 Å². The summed E-state index contributed by atoms with van der Waals surface area (Å²) >= 11 is 0. The fourth-order valence-corrected chi connectivity index (χ4v) is 5.83. The summed E-state index contributed by atoms with van der Waals surface area (Å²) in [7, 11) is 0. The Hall–Kier alpha value is -3.03. The van der Waals surface area contributed by atoms with Gasteiger partial charge in [-0.15, -0.1) is 0 Å². The van der Waals surface area contributed by atoms with Crippen molar-refractivity contribution in [1.29, 1.82) is 0 Å². The number of nitrogens with one attached hydrogen (secondary N) is 1. The van der Waals surface area contributed by atoms with Crippen LogP contribution in [0.3, 0.4) is 0 Å². The number of piperazine rings is 1. The van der Waals surface area contributed by atoms with Crippen molar-refractivity contribution in [2.75, 3.05) is 31.1 Å². The van der Waals surface area contributed by atoms with Crippen LogP contribution in [0.1, 0.15) is 29.7 Å². The minimum absolute atomic E-state index is 0.316. The molecule has 0 saturated carbocycles. The van der Waals surface area contributed by atoms with Gasteiger partial charge in [-0.25, -0.2) is 4.39 Å². The molecule has 6 rings (SSSR count). The average molecular weight is 460 g/mol. The SMILES string of the molecule is C=NCc1ccc(N2C[C@@H](C)N3Cc4cc(O[C@H]5CNC[C@@H]5F)ccc4[C@H]3C2)c2cccnc12. The Balaban J connectivity index is 1.29. The molecule has 34 heavy (non-hydrogen) atoms. The molecule has 7 heteroatoms. The lowest BCUT2D eigenvalue weighted by molar-refractivity contribution is 0.134. The molecule has 3 aliphatic rings. The highest BCUT2D eigenvalue weighted by atomic mass is 19.1. The number of aromatic nitrogens is 1. The Morgan fingerprint density at radius 3 is 2.94 bits per heavy atom. The fraction of sp³-hybridized carbons (Fsp3) is 0.407. The van der Waals surface area contributed by atoms with Crippen LogP contribution in [0, 0.1) is 0 Å². The van der Waals surface area contributed by atoms with E-state index in [2.05, 4.69) is 69.1 Å². The first-order valence-corrected chi connectivity index (χ1v) is 12.1. The number of fused-ring (bicyclic) bond motifs is 4. The molecule has 6 nitrogen and oxygen atoms in total. The molecule has 0 radical (unpaired) electrons. The first-order chi connectivity index (χ1) is 16.6. The van der Waals surface area contributed by atoms with Gasteiger partial charge in [0.25, 0.3) is 0 Å². The maximum Gasteiger partial charge on any atom is 0.150 e. The summed E-state index contributed by atoms with van der Waals surface area (Å²) in [5, 5.41) is 4.22. The van der Waals surface area contributed by atoms with Gasteiger partial charge in [0.05, 0.1) is 18.1 Å². The summed E-state index contributed by atoms with van der Waals surface area (Å²) < 4.78 is 20.0. The quantitative estimate of drug-likeness (QED) is 0.587. The molecule has 0 aliphatic carbocycles. The maximum absolute atomic E-state index is 14.0. The van der Waals surface area contributed by atoms with E-state index in [4.69, 9.17) is 4.74 Å². The minimum Gasteiger partial charge on any atom is -0.486 e. The molecule has 0 spiro atoms. The first kappa shape index (κ1) is 21.5. The molecule has 4 atom stereocenters. The molecule has 3 aromatic rings. The van der Waals surface area contributed by atoms with Crippen LogP contribution < -0.4 is 15.0 Å². The third-order valence-corrected chi connectivity index (χ3v) is 7.50. The topological polar surface area (TPSA) is 53.0 Å². The Bertz CT molecular complexity index is 1230. The van der Waals surface area contributed by atoms with Crippen LogP contribution in [0.2, 0.25) is 0 Å². The zero-order valence-electron chi connectivity index (χ0n) is 19.5. The van der Waals surface area contributed by atoms with Gasteiger partial charge in [-0.1, -0.05) is 12.1 Å². The van der Waals surface area contributed by atoms with Crippen molar-refractivity contribution in [2.24, 2.45) is 4.99 Å². The standard InChI is InChI=1S/C27H30FN5O/c1-17-14-32(24-8-5-18(11-29-2)27-22(24)4-3-9-31-27)16-25-21-7-6-20(10-19(21)15-33(17)25)34-26-13-30-12-23(26)28/h3-10,17,23,25-26,30H,2,11-16H2,1H3/t17-,23+,25-,26+/m1/s1. The molecule has 4 heterocycles. The van der Waals surface area contributed by atoms with Crippen LogP contribution in [-0.4, -0.2) is 61.1 Å². The van der Waals surface area contributed by atoms with Gasteiger partial charge < -0.3 is 15.0 Å². The van der Waals surface area contributed by atoms with Crippen molar-refractivity contribution in [2.45, 2.75) is 44.4 Å². The number of halogens is 1. The third-order valence-electron chi connectivity index (χ3n) is 7.50. The van der Waals surface area contributed by atoms with Gasteiger partial charge in [0, 0.05) is 56.0 Å². The van der Waals surface area contributed by atoms with E-state index in [1.807, 2.05) is 18.3 Å². The maximum atomic E-state index is 14.0. The molecule has 1 aromatic heterocycles. The molecule has 2 fully saturated rings. The first-order valence-electron chi connectivity index (χ1n) is 12.1. The third kappa shape index (κ3) is 3.63. The van der Waals surface area contributed by atoms with Gasteiger partial charge in [-0.3, -0.25) is 14.9 Å². The van der Waals surface area contributed by atoms with Crippen LogP contribution >= 0.6 is 0 Å². The van der Waals surface area contributed by atoms with Crippen molar-refractivity contribution in [3.05, 3.63) is 65.4 Å². The minimum atomic E-state index is -0.953. The van der Waals surface area contributed by atoms with Gasteiger partial charge in [0.2, 0.25) is 0 Å². The second-order valence-electron chi connectivity index (χ2n) is 9.66. The Labute approximate surface area is 199 Å². The number of ether oxygens (including phenoxy) is 1. The molecule has 2 aromatic carbocycles. The van der Waals surface area contributed by atoms with Crippen molar-refractivity contribution >= 4 is 23.3 Å². The number of hydrogen-bond acceptors (Lipinski definition) is 6. The van der Waals surface area contributed by atoms with Crippen LogP contribution in [0.15, 0.2) is 53.7 Å². The number of rotatable bonds is 5. The molecular weight excluding hydrogens is 429 g/mol. The summed E-state index contributed by atoms with van der Waals surface area (Å²) in [5.74, 6) is 0.767. The molecule has 176 valence electrons. The lowest BCUT2D eigenvalue weighted by Crippen LogP contribution is -2.51. The molecule has 0 amide bonds. The fourth-order valence-electron chi connectivity index (χ4n) is 5.83. The van der Waals surface area contributed by atoms with E-state index in [9.17, 15) is 4.39 Å².